The minimum Gasteiger partial charge on any atom is -0.550 e. The van der Waals surface area contributed by atoms with Gasteiger partial charge in [-0.1, -0.05) is 19.9 Å². The van der Waals surface area contributed by atoms with E-state index in [1.807, 2.05) is 13.0 Å². The van der Waals surface area contributed by atoms with Crippen molar-refractivity contribution in [1.29, 1.82) is 0 Å². The van der Waals surface area contributed by atoms with E-state index < -0.39 is 5.97 Å². The lowest BCUT2D eigenvalue weighted by Crippen LogP contribution is -2.22. The second-order valence-corrected chi connectivity index (χ2v) is 5.31. The van der Waals surface area contributed by atoms with E-state index >= 15 is 0 Å². The number of hydrogen-bond donors (Lipinski definition) is 0. The summed E-state index contributed by atoms with van der Waals surface area (Å²) in [5.74, 6) is -0.543. The topological polar surface area (TPSA) is 54.3 Å². The molecule has 2 aromatic rings. The first kappa shape index (κ1) is 13.5. The SMILES string of the molecule is Cc1cc(CCC(=O)[O-])c2cc(C(C)C)ccc2[nH+]1. The molecular formula is C16H19NO2. The molecular weight excluding hydrogens is 238 g/mol. The van der Waals surface area contributed by atoms with Crippen molar-refractivity contribution in [2.24, 2.45) is 0 Å². The largest absolute Gasteiger partial charge is 0.550 e. The molecule has 0 saturated carbocycles. The predicted octanol–water partition coefficient (Wildman–Crippen LogP) is 1.77. The van der Waals surface area contributed by atoms with E-state index in [9.17, 15) is 9.90 Å². The maximum absolute atomic E-state index is 10.6. The van der Waals surface area contributed by atoms with E-state index in [2.05, 4.69) is 37.0 Å². The quantitative estimate of drug-likeness (QED) is 0.838. The summed E-state index contributed by atoms with van der Waals surface area (Å²) in [5, 5.41) is 11.8. The van der Waals surface area contributed by atoms with E-state index in [-0.39, 0.29) is 6.42 Å². The lowest BCUT2D eigenvalue weighted by molar-refractivity contribution is -0.354. The van der Waals surface area contributed by atoms with Gasteiger partial charge in [-0.15, -0.1) is 0 Å². The van der Waals surface area contributed by atoms with Crippen LogP contribution < -0.4 is 10.1 Å². The number of carbonyl (C=O) groups is 1. The van der Waals surface area contributed by atoms with Gasteiger partial charge >= 0.3 is 0 Å². The van der Waals surface area contributed by atoms with Crippen LogP contribution in [0.5, 0.6) is 0 Å². The van der Waals surface area contributed by atoms with Crippen molar-refractivity contribution in [3.63, 3.8) is 0 Å². The third-order valence-corrected chi connectivity index (χ3v) is 3.38. The molecule has 1 N–H and O–H groups in total. The Morgan fingerprint density at radius 3 is 2.68 bits per heavy atom. The van der Waals surface area contributed by atoms with Crippen molar-refractivity contribution in [3.05, 3.63) is 41.1 Å². The number of fused-ring (bicyclic) bond motifs is 1. The summed E-state index contributed by atoms with van der Waals surface area (Å²) in [5.41, 5.74) is 4.42. The van der Waals surface area contributed by atoms with Crippen LogP contribution in [0, 0.1) is 6.92 Å². The number of aromatic amines is 1. The van der Waals surface area contributed by atoms with Crippen molar-refractivity contribution in [2.75, 3.05) is 0 Å². The van der Waals surface area contributed by atoms with Crippen LogP contribution in [0.1, 0.15) is 43.0 Å². The Morgan fingerprint density at radius 2 is 2.05 bits per heavy atom. The van der Waals surface area contributed by atoms with Crippen molar-refractivity contribution >= 4 is 16.9 Å². The lowest BCUT2D eigenvalue weighted by Gasteiger charge is -2.09. The normalized spacial score (nSPS) is 11.2. The summed E-state index contributed by atoms with van der Waals surface area (Å²) in [6.07, 6.45) is 0.570. The van der Waals surface area contributed by atoms with Crippen LogP contribution in [-0.2, 0) is 11.2 Å². The highest BCUT2D eigenvalue weighted by Crippen LogP contribution is 2.23. The number of carboxylic acid groups (broad SMARTS) is 1. The average Bonchev–Trinajstić information content (AvgIpc) is 2.35. The first-order chi connectivity index (χ1) is 8.97. The number of carbonyl (C=O) groups excluding carboxylic acids is 1. The standard InChI is InChI=1S/C16H19NO2/c1-10(2)12-4-6-15-14(9-12)13(5-7-16(18)19)8-11(3)17-15/h4,6,8-10H,5,7H2,1-3H3,(H,18,19). The maximum atomic E-state index is 10.6. The van der Waals surface area contributed by atoms with Gasteiger partial charge in [-0.2, -0.15) is 0 Å². The van der Waals surface area contributed by atoms with Gasteiger partial charge in [0.15, 0.2) is 5.69 Å². The summed E-state index contributed by atoms with van der Waals surface area (Å²) in [6.45, 7) is 6.29. The van der Waals surface area contributed by atoms with Gasteiger partial charge in [-0.3, -0.25) is 0 Å². The summed E-state index contributed by atoms with van der Waals surface area (Å²) >= 11 is 0. The molecule has 0 fully saturated rings. The zero-order valence-corrected chi connectivity index (χ0v) is 11.6. The van der Waals surface area contributed by atoms with Gasteiger partial charge < -0.3 is 9.90 Å². The smallest absolute Gasteiger partial charge is 0.211 e. The third-order valence-electron chi connectivity index (χ3n) is 3.38. The van der Waals surface area contributed by atoms with Crippen LogP contribution in [0.3, 0.4) is 0 Å². The van der Waals surface area contributed by atoms with Gasteiger partial charge in [0.05, 0.1) is 0 Å². The highest BCUT2D eigenvalue weighted by Gasteiger charge is 2.11. The molecule has 0 spiro atoms. The van der Waals surface area contributed by atoms with Gasteiger partial charge in [0.25, 0.3) is 0 Å². The molecule has 19 heavy (non-hydrogen) atoms. The van der Waals surface area contributed by atoms with Gasteiger partial charge in [0, 0.05) is 30.4 Å². The fourth-order valence-corrected chi connectivity index (χ4v) is 2.33. The Labute approximate surface area is 113 Å². The minimum absolute atomic E-state index is 0.0600. The molecule has 0 radical (unpaired) electrons. The average molecular weight is 257 g/mol. The molecule has 3 heteroatoms. The molecule has 0 atom stereocenters. The maximum Gasteiger partial charge on any atom is 0.211 e. The molecule has 1 aromatic heterocycles. The number of aromatic nitrogens is 1. The molecule has 0 aliphatic heterocycles. The van der Waals surface area contributed by atoms with Crippen molar-refractivity contribution in [3.8, 4) is 0 Å². The molecule has 3 nitrogen and oxygen atoms in total. The number of rotatable bonds is 4. The van der Waals surface area contributed by atoms with E-state index in [1.165, 1.54) is 5.56 Å². The number of aliphatic carboxylic acids is 1. The van der Waals surface area contributed by atoms with Gasteiger partial charge in [-0.05, 0) is 36.0 Å². The van der Waals surface area contributed by atoms with Crippen LogP contribution in [-0.4, -0.2) is 5.97 Å². The van der Waals surface area contributed by atoms with Crippen molar-refractivity contribution in [2.45, 2.75) is 39.5 Å². The number of carboxylic acids is 1. The van der Waals surface area contributed by atoms with E-state index in [4.69, 9.17) is 0 Å². The molecule has 1 heterocycles. The first-order valence-corrected chi connectivity index (χ1v) is 6.62. The van der Waals surface area contributed by atoms with Crippen LogP contribution in [0.25, 0.3) is 10.9 Å². The molecule has 1 aromatic carbocycles. The number of benzene rings is 1. The monoisotopic (exact) mass is 257 g/mol. The van der Waals surface area contributed by atoms with E-state index in [0.29, 0.717) is 12.3 Å². The molecule has 0 bridgehead atoms. The van der Waals surface area contributed by atoms with E-state index in [0.717, 1.165) is 22.2 Å². The summed E-state index contributed by atoms with van der Waals surface area (Å²) in [4.78, 5) is 14.0. The molecule has 0 aliphatic carbocycles. The molecule has 0 aliphatic rings. The van der Waals surface area contributed by atoms with Crippen LogP contribution in [0.4, 0.5) is 0 Å². The Morgan fingerprint density at radius 1 is 1.32 bits per heavy atom. The van der Waals surface area contributed by atoms with Crippen LogP contribution >= 0.6 is 0 Å². The van der Waals surface area contributed by atoms with Gasteiger partial charge in [0.2, 0.25) is 5.52 Å². The van der Waals surface area contributed by atoms with Crippen molar-refractivity contribution in [1.82, 2.24) is 0 Å². The number of aryl methyl sites for hydroxylation is 2. The summed E-state index contributed by atoms with van der Waals surface area (Å²) < 4.78 is 0. The number of hydrogen-bond acceptors (Lipinski definition) is 2. The van der Waals surface area contributed by atoms with Gasteiger partial charge in [-0.25, -0.2) is 4.98 Å². The fraction of sp³-hybridized carbons (Fsp3) is 0.375. The number of H-pyrrole nitrogens is 1. The second kappa shape index (κ2) is 5.39. The number of nitrogens with one attached hydrogen (secondary N) is 1. The fourth-order valence-electron chi connectivity index (χ4n) is 2.33. The highest BCUT2D eigenvalue weighted by molar-refractivity contribution is 5.81. The van der Waals surface area contributed by atoms with Crippen molar-refractivity contribution < 1.29 is 14.9 Å². The van der Waals surface area contributed by atoms with E-state index in [1.54, 1.807) is 0 Å². The summed E-state index contributed by atoms with van der Waals surface area (Å²) in [6, 6.07) is 8.36. The molecule has 100 valence electrons. The predicted molar refractivity (Wildman–Crippen MR) is 72.7 cm³/mol. The number of pyridine rings is 1. The molecule has 2 rings (SSSR count). The zero-order valence-electron chi connectivity index (χ0n) is 11.6. The first-order valence-electron chi connectivity index (χ1n) is 6.62. The Bertz CT molecular complexity index is 617. The second-order valence-electron chi connectivity index (χ2n) is 5.31. The molecule has 0 saturated heterocycles. The lowest BCUT2D eigenvalue weighted by atomic mass is 9.97. The van der Waals surface area contributed by atoms with Gasteiger partial charge in [0.1, 0.15) is 0 Å². The molecule has 0 amide bonds. The minimum atomic E-state index is -1.00. The Hall–Kier alpha value is -1.90. The molecule has 0 unspecified atom stereocenters. The highest BCUT2D eigenvalue weighted by atomic mass is 16.4. The van der Waals surface area contributed by atoms with Crippen LogP contribution in [0.2, 0.25) is 0 Å². The third kappa shape index (κ3) is 3.11. The zero-order chi connectivity index (χ0) is 14.0. The Kier molecular flexibility index (Phi) is 3.84. The Balaban J connectivity index is 2.52. The summed E-state index contributed by atoms with van der Waals surface area (Å²) in [7, 11) is 0. The van der Waals surface area contributed by atoms with Crippen LogP contribution in [0.15, 0.2) is 24.3 Å².